The molecule has 0 radical (unpaired) electrons. The normalized spacial score (nSPS) is 16.0. The minimum Gasteiger partial charge on any atom is -0.139 e. The van der Waals surface area contributed by atoms with Gasteiger partial charge in [-0.25, -0.2) is 0 Å². The molecule has 2 aromatic rings. The fourth-order valence-electron chi connectivity index (χ4n) is 3.28. The third-order valence-corrected chi connectivity index (χ3v) is 28.6. The number of hydrogen-bond acceptors (Lipinski definition) is 4. The third kappa shape index (κ3) is 6.60. The highest BCUT2D eigenvalue weighted by molar-refractivity contribution is 8.71. The molecule has 158 valence electrons. The van der Waals surface area contributed by atoms with E-state index in [-0.39, 0.29) is 0 Å². The molecule has 2 aromatic heterocycles. The van der Waals surface area contributed by atoms with Gasteiger partial charge < -0.3 is 0 Å². The van der Waals surface area contributed by atoms with E-state index in [1.165, 1.54) is 83.2 Å². The molecular formula is C22H36P2S4. The van der Waals surface area contributed by atoms with E-state index in [0.717, 1.165) is 0 Å². The molecule has 0 amide bonds. The van der Waals surface area contributed by atoms with Crippen LogP contribution in [0.1, 0.15) is 75.0 Å². The minimum absolute atomic E-state index is 1.20. The Morgan fingerprint density at radius 1 is 0.643 bits per heavy atom. The van der Waals surface area contributed by atoms with Gasteiger partial charge in [0.05, 0.1) is 0 Å². The predicted molar refractivity (Wildman–Crippen MR) is 144 cm³/mol. The average Bonchev–Trinajstić information content (AvgIpc) is 3.32. The van der Waals surface area contributed by atoms with Crippen LogP contribution in [0.25, 0.3) is 0 Å². The molecule has 2 heterocycles. The van der Waals surface area contributed by atoms with Gasteiger partial charge in [0.2, 0.25) is 0 Å². The summed E-state index contributed by atoms with van der Waals surface area (Å²) in [6.07, 6.45) is 13.0. The Hall–Kier alpha value is 0.700. The van der Waals surface area contributed by atoms with E-state index in [4.69, 9.17) is 23.6 Å². The summed E-state index contributed by atoms with van der Waals surface area (Å²) < 4.78 is 2.83. The Morgan fingerprint density at radius 3 is 1.39 bits per heavy atom. The summed E-state index contributed by atoms with van der Waals surface area (Å²) in [5, 5.41) is 0. The van der Waals surface area contributed by atoms with E-state index in [1.807, 2.05) is 22.7 Å². The molecule has 0 spiro atoms. The fraction of sp³-hybridized carbons (Fsp3) is 0.636. The maximum absolute atomic E-state index is 6.30. The Kier molecular flexibility index (Phi) is 10.6. The summed E-state index contributed by atoms with van der Waals surface area (Å²) in [6, 6.07) is 9.26. The molecule has 2 rings (SSSR count). The zero-order chi connectivity index (χ0) is 20.6. The molecule has 2 unspecified atom stereocenters. The third-order valence-electron chi connectivity index (χ3n) is 5.39. The van der Waals surface area contributed by atoms with Crippen molar-refractivity contribution in [3.63, 3.8) is 0 Å². The van der Waals surface area contributed by atoms with Crippen LogP contribution in [0.15, 0.2) is 24.3 Å². The second kappa shape index (κ2) is 11.9. The van der Waals surface area contributed by atoms with Crippen LogP contribution in [0.3, 0.4) is 0 Å². The highest BCUT2D eigenvalue weighted by atomic mass is 32.8. The molecule has 0 aromatic carbocycles. The molecule has 0 bridgehead atoms. The van der Waals surface area contributed by atoms with Crippen molar-refractivity contribution in [3.8, 4) is 0 Å². The standard InChI is InChI=1S/C22H36P2S4/c1-5-7-9-11-13-19-15-17-21(27-19)23(3,25)24(4,26)22-18-16-20(28-22)14-12-10-8-6-2/h15-18H,5-14H2,1-4H3. The predicted octanol–water partition coefficient (Wildman–Crippen LogP) is 8.14. The second-order valence-electron chi connectivity index (χ2n) is 7.86. The number of aryl methyl sites for hydroxylation is 2. The molecule has 0 fully saturated rings. The summed E-state index contributed by atoms with van der Waals surface area (Å²) in [5.74, 6) is 0. The summed E-state index contributed by atoms with van der Waals surface area (Å²) in [6.45, 7) is 9.17. The minimum atomic E-state index is -1.73. The molecule has 28 heavy (non-hydrogen) atoms. The van der Waals surface area contributed by atoms with E-state index in [0.29, 0.717) is 0 Å². The quantitative estimate of drug-likeness (QED) is 0.205. The zero-order valence-corrected chi connectivity index (χ0v) is 23.0. The first kappa shape index (κ1) is 25.0. The first-order chi connectivity index (χ1) is 13.3. The van der Waals surface area contributed by atoms with Crippen molar-refractivity contribution in [1.29, 1.82) is 0 Å². The van der Waals surface area contributed by atoms with E-state index < -0.39 is 11.5 Å². The van der Waals surface area contributed by atoms with Crippen LogP contribution in [0, 0.1) is 0 Å². The summed E-state index contributed by atoms with van der Waals surface area (Å²) in [7, 11) is 0. The maximum atomic E-state index is 6.30. The van der Waals surface area contributed by atoms with Gasteiger partial charge in [-0.3, -0.25) is 0 Å². The lowest BCUT2D eigenvalue weighted by molar-refractivity contribution is 0.670. The lowest BCUT2D eigenvalue weighted by Gasteiger charge is -2.27. The Morgan fingerprint density at radius 2 is 1.04 bits per heavy atom. The van der Waals surface area contributed by atoms with Crippen LogP contribution >= 0.6 is 34.1 Å². The first-order valence-corrected chi connectivity index (χ1v) is 19.5. The van der Waals surface area contributed by atoms with Crippen LogP contribution in [0.5, 0.6) is 0 Å². The number of thiophene rings is 2. The highest BCUT2D eigenvalue weighted by Crippen LogP contribution is 2.77. The molecule has 6 heteroatoms. The van der Waals surface area contributed by atoms with Crippen LogP contribution in [-0.4, -0.2) is 13.3 Å². The van der Waals surface area contributed by atoms with Gasteiger partial charge in [-0.05, 0) is 63.3 Å². The molecule has 0 saturated heterocycles. The van der Waals surface area contributed by atoms with Crippen LogP contribution in [-0.2, 0) is 36.5 Å². The van der Waals surface area contributed by atoms with Crippen molar-refractivity contribution in [1.82, 2.24) is 0 Å². The van der Waals surface area contributed by atoms with Gasteiger partial charge in [-0.2, -0.15) is 0 Å². The van der Waals surface area contributed by atoms with E-state index >= 15 is 0 Å². The molecule has 2 atom stereocenters. The molecular weight excluding hydrogens is 454 g/mol. The molecule has 0 nitrogen and oxygen atoms in total. The summed E-state index contributed by atoms with van der Waals surface area (Å²) in [5.41, 5.74) is -3.46. The van der Waals surface area contributed by atoms with E-state index in [2.05, 4.69) is 51.4 Å². The van der Waals surface area contributed by atoms with Crippen molar-refractivity contribution in [3.05, 3.63) is 34.0 Å². The highest BCUT2D eigenvalue weighted by Gasteiger charge is 2.32. The second-order valence-corrected chi connectivity index (χ2v) is 26.1. The maximum Gasteiger partial charge on any atom is 0.0428 e. The van der Waals surface area contributed by atoms with Crippen molar-refractivity contribution in [2.75, 3.05) is 13.3 Å². The van der Waals surface area contributed by atoms with Gasteiger partial charge in [0.1, 0.15) is 0 Å². The van der Waals surface area contributed by atoms with Crippen molar-refractivity contribution < 1.29 is 0 Å². The topological polar surface area (TPSA) is 0 Å². The summed E-state index contributed by atoms with van der Waals surface area (Å²) in [4.78, 5) is 3.00. The molecule has 0 aliphatic heterocycles. The van der Waals surface area contributed by atoms with Gasteiger partial charge in [0.25, 0.3) is 0 Å². The fourth-order valence-corrected chi connectivity index (χ4v) is 18.2. The lowest BCUT2D eigenvalue weighted by Crippen LogP contribution is -2.05. The monoisotopic (exact) mass is 490 g/mol. The van der Waals surface area contributed by atoms with Gasteiger partial charge in [-0.1, -0.05) is 76.0 Å². The van der Waals surface area contributed by atoms with E-state index in [9.17, 15) is 0 Å². The lowest BCUT2D eigenvalue weighted by atomic mass is 10.1. The van der Waals surface area contributed by atoms with Gasteiger partial charge >= 0.3 is 0 Å². The molecule has 0 aliphatic rings. The van der Waals surface area contributed by atoms with Gasteiger partial charge in [0.15, 0.2) is 0 Å². The summed E-state index contributed by atoms with van der Waals surface area (Å²) >= 11 is 16.5. The average molecular weight is 491 g/mol. The molecule has 0 saturated carbocycles. The van der Waals surface area contributed by atoms with Crippen LogP contribution < -0.4 is 9.24 Å². The zero-order valence-electron chi connectivity index (χ0n) is 17.9. The Labute approximate surface area is 191 Å². The Bertz CT molecular complexity index is 750. The van der Waals surface area contributed by atoms with Crippen molar-refractivity contribution in [2.24, 2.45) is 0 Å². The van der Waals surface area contributed by atoms with E-state index in [1.54, 1.807) is 0 Å². The number of hydrogen-bond donors (Lipinski definition) is 0. The van der Waals surface area contributed by atoms with Crippen molar-refractivity contribution in [2.45, 2.75) is 78.1 Å². The number of unbranched alkanes of at least 4 members (excludes halogenated alkanes) is 6. The van der Waals surface area contributed by atoms with Gasteiger partial charge in [0, 0.05) is 30.4 Å². The molecule has 0 aliphatic carbocycles. The SMILES string of the molecule is CCCCCCc1ccc(P(C)(=S)P(C)(=S)c2ccc(CCCCCC)s2)s1. The van der Waals surface area contributed by atoms with Crippen LogP contribution in [0.2, 0.25) is 0 Å². The largest absolute Gasteiger partial charge is 0.139 e. The van der Waals surface area contributed by atoms with Crippen molar-refractivity contribution >= 4 is 67.0 Å². The first-order valence-electron chi connectivity index (χ1n) is 10.7. The Balaban J connectivity index is 2.07. The number of rotatable bonds is 13. The smallest absolute Gasteiger partial charge is 0.0428 e. The van der Waals surface area contributed by atoms with Gasteiger partial charge in [-0.15, -0.1) is 22.7 Å². The molecule has 0 N–H and O–H groups in total. The van der Waals surface area contributed by atoms with Crippen LogP contribution in [0.4, 0.5) is 0 Å².